The van der Waals surface area contributed by atoms with Crippen molar-refractivity contribution in [3.8, 4) is 16.3 Å². The van der Waals surface area contributed by atoms with Crippen molar-refractivity contribution in [3.63, 3.8) is 0 Å². The lowest BCUT2D eigenvalue weighted by Gasteiger charge is -2.10. The van der Waals surface area contributed by atoms with Gasteiger partial charge in [-0.05, 0) is 35.7 Å². The molecular formula is C15H12F3N3O3S2. The number of aromatic nitrogens is 2. The number of anilines is 1. The van der Waals surface area contributed by atoms with Gasteiger partial charge in [0.1, 0.15) is 16.3 Å². The van der Waals surface area contributed by atoms with E-state index >= 15 is 0 Å². The molecule has 6 nitrogen and oxygen atoms in total. The van der Waals surface area contributed by atoms with Crippen molar-refractivity contribution < 1.29 is 26.3 Å². The van der Waals surface area contributed by atoms with Crippen LogP contribution in [0.2, 0.25) is 0 Å². The lowest BCUT2D eigenvalue weighted by Crippen LogP contribution is -2.17. The Bertz CT molecular complexity index is 995. The van der Waals surface area contributed by atoms with Crippen LogP contribution in [0.1, 0.15) is 0 Å². The summed E-state index contributed by atoms with van der Waals surface area (Å²) in [6.07, 6.45) is -3.45. The molecule has 1 N–H and O–H groups in total. The summed E-state index contributed by atoms with van der Waals surface area (Å²) in [5.41, 5.74) is 0.396. The molecule has 0 spiro atoms. The Morgan fingerprint density at radius 1 is 1.19 bits per heavy atom. The Hall–Kier alpha value is -2.53. The van der Waals surface area contributed by atoms with E-state index in [1.54, 1.807) is 24.6 Å². The van der Waals surface area contributed by atoms with Crippen molar-refractivity contribution in [2.45, 2.75) is 11.3 Å². The van der Waals surface area contributed by atoms with Gasteiger partial charge in [-0.2, -0.15) is 5.10 Å². The minimum atomic E-state index is -4.81. The number of nitrogens with one attached hydrogen (secondary N) is 1. The second-order valence-corrected chi connectivity index (χ2v) is 7.77. The van der Waals surface area contributed by atoms with Crippen LogP contribution in [0.25, 0.3) is 10.6 Å². The number of nitrogens with zero attached hydrogens (tertiary/aromatic N) is 2. The number of hydrogen-bond donors (Lipinski definition) is 1. The second kappa shape index (κ2) is 6.65. The molecule has 0 radical (unpaired) electrons. The molecule has 3 rings (SSSR count). The van der Waals surface area contributed by atoms with E-state index in [4.69, 9.17) is 0 Å². The Kier molecular flexibility index (Phi) is 4.67. The molecule has 0 saturated heterocycles. The summed E-state index contributed by atoms with van der Waals surface area (Å²) in [4.78, 5) is 0.651. The third-order valence-corrected chi connectivity index (χ3v) is 5.44. The van der Waals surface area contributed by atoms with Crippen LogP contribution in [0.5, 0.6) is 5.75 Å². The van der Waals surface area contributed by atoms with Gasteiger partial charge in [-0.15, -0.1) is 24.5 Å². The van der Waals surface area contributed by atoms with E-state index in [-0.39, 0.29) is 10.6 Å². The van der Waals surface area contributed by atoms with Crippen LogP contribution in [0.3, 0.4) is 0 Å². The number of ether oxygens (including phenoxy) is 1. The Morgan fingerprint density at radius 3 is 2.46 bits per heavy atom. The largest absolute Gasteiger partial charge is 0.573 e. The van der Waals surface area contributed by atoms with Gasteiger partial charge in [-0.25, -0.2) is 8.42 Å². The molecular weight excluding hydrogens is 391 g/mol. The van der Waals surface area contributed by atoms with E-state index in [2.05, 4.69) is 14.6 Å². The molecule has 0 unspecified atom stereocenters. The summed E-state index contributed by atoms with van der Waals surface area (Å²) in [5.74, 6) is -0.443. The summed E-state index contributed by atoms with van der Waals surface area (Å²) in [6, 6.07) is 7.93. The Morgan fingerprint density at radius 2 is 1.88 bits per heavy atom. The molecule has 3 aromatic rings. The van der Waals surface area contributed by atoms with Gasteiger partial charge in [0.2, 0.25) is 0 Å². The van der Waals surface area contributed by atoms with Crippen molar-refractivity contribution in [2.75, 3.05) is 4.72 Å². The molecule has 0 aliphatic carbocycles. The quantitative estimate of drug-likeness (QED) is 0.702. The molecule has 0 aliphatic rings. The zero-order valence-corrected chi connectivity index (χ0v) is 14.8. The van der Waals surface area contributed by atoms with Crippen LogP contribution >= 0.6 is 11.3 Å². The molecule has 2 heterocycles. The number of hydrogen-bond acceptors (Lipinski definition) is 5. The first-order valence-corrected chi connectivity index (χ1v) is 9.46. The second-order valence-electron chi connectivity index (χ2n) is 5.17. The number of alkyl halides is 3. The molecule has 0 saturated carbocycles. The average molecular weight is 403 g/mol. The van der Waals surface area contributed by atoms with Gasteiger partial charge < -0.3 is 4.74 Å². The summed E-state index contributed by atoms with van der Waals surface area (Å²) in [5, 5.41) is 5.98. The highest BCUT2D eigenvalue weighted by molar-refractivity contribution is 7.92. The van der Waals surface area contributed by atoms with Gasteiger partial charge in [0, 0.05) is 18.9 Å². The average Bonchev–Trinajstić information content (AvgIpc) is 3.16. The predicted molar refractivity (Wildman–Crippen MR) is 90.5 cm³/mol. The first-order valence-electron chi connectivity index (χ1n) is 7.10. The van der Waals surface area contributed by atoms with E-state index in [1.165, 1.54) is 34.3 Å². The molecule has 11 heteroatoms. The van der Waals surface area contributed by atoms with Crippen LogP contribution in [-0.2, 0) is 17.1 Å². The molecule has 1 aromatic carbocycles. The molecule has 0 amide bonds. The van der Waals surface area contributed by atoms with Crippen molar-refractivity contribution in [2.24, 2.45) is 7.05 Å². The van der Waals surface area contributed by atoms with Gasteiger partial charge in [0.15, 0.2) is 0 Å². The van der Waals surface area contributed by atoms with Crippen molar-refractivity contribution in [1.82, 2.24) is 9.78 Å². The highest BCUT2D eigenvalue weighted by atomic mass is 32.2. The fourth-order valence-corrected chi connectivity index (χ4v) is 4.22. The van der Waals surface area contributed by atoms with Crippen molar-refractivity contribution >= 4 is 27.0 Å². The topological polar surface area (TPSA) is 73.2 Å². The summed E-state index contributed by atoms with van der Waals surface area (Å²) in [6.45, 7) is 0. The van der Waals surface area contributed by atoms with E-state index in [0.717, 1.165) is 12.1 Å². The van der Waals surface area contributed by atoms with E-state index in [9.17, 15) is 21.6 Å². The SMILES string of the molecule is Cn1cc(S(=O)(=O)Nc2ccc(OC(F)(F)F)cc2)c(-c2cccs2)n1. The molecule has 138 valence electrons. The normalized spacial score (nSPS) is 12.2. The maximum absolute atomic E-state index is 12.7. The van der Waals surface area contributed by atoms with Crippen molar-refractivity contribution in [1.29, 1.82) is 0 Å². The molecule has 26 heavy (non-hydrogen) atoms. The summed E-state index contributed by atoms with van der Waals surface area (Å²) in [7, 11) is -2.39. The Labute approximate surface area is 150 Å². The smallest absolute Gasteiger partial charge is 0.406 e. The fourth-order valence-electron chi connectivity index (χ4n) is 2.18. The first-order chi connectivity index (χ1) is 12.1. The van der Waals surface area contributed by atoms with E-state index in [1.807, 2.05) is 0 Å². The molecule has 0 bridgehead atoms. The number of rotatable bonds is 5. The van der Waals surface area contributed by atoms with Gasteiger partial charge in [-0.3, -0.25) is 9.40 Å². The van der Waals surface area contributed by atoms with E-state index in [0.29, 0.717) is 10.6 Å². The number of thiophene rings is 1. The standard InChI is InChI=1S/C15H12F3N3O3S2/c1-21-9-13(14(19-21)12-3-2-8-25-12)26(22,23)20-10-4-6-11(7-5-10)24-15(16,17)18/h2-9,20H,1H3. The molecule has 0 fully saturated rings. The minimum absolute atomic E-state index is 0.0296. The van der Waals surface area contributed by atoms with Crippen LogP contribution in [0.15, 0.2) is 52.9 Å². The third-order valence-electron chi connectivity index (χ3n) is 3.18. The zero-order valence-electron chi connectivity index (χ0n) is 13.2. The van der Waals surface area contributed by atoms with Crippen LogP contribution < -0.4 is 9.46 Å². The molecule has 2 aromatic heterocycles. The third kappa shape index (κ3) is 4.17. The Balaban J connectivity index is 1.86. The predicted octanol–water partition coefficient (Wildman–Crippen LogP) is 3.85. The maximum atomic E-state index is 12.7. The van der Waals surface area contributed by atoms with Crippen molar-refractivity contribution in [3.05, 3.63) is 48.0 Å². The maximum Gasteiger partial charge on any atom is 0.573 e. The van der Waals surface area contributed by atoms with Gasteiger partial charge in [-0.1, -0.05) is 6.07 Å². The molecule has 0 atom stereocenters. The van der Waals surface area contributed by atoms with Gasteiger partial charge in [0.05, 0.1) is 4.88 Å². The summed E-state index contributed by atoms with van der Waals surface area (Å²) >= 11 is 1.34. The number of halogens is 3. The minimum Gasteiger partial charge on any atom is -0.406 e. The van der Waals surface area contributed by atoms with Gasteiger partial charge in [0.25, 0.3) is 10.0 Å². The highest BCUT2D eigenvalue weighted by Gasteiger charge is 2.31. The van der Waals surface area contributed by atoms with Crippen LogP contribution in [0.4, 0.5) is 18.9 Å². The number of aryl methyl sites for hydroxylation is 1. The number of benzene rings is 1. The van der Waals surface area contributed by atoms with Crippen LogP contribution in [0, 0.1) is 0 Å². The lowest BCUT2D eigenvalue weighted by molar-refractivity contribution is -0.274. The highest BCUT2D eigenvalue weighted by Crippen LogP contribution is 2.31. The lowest BCUT2D eigenvalue weighted by atomic mass is 10.3. The van der Waals surface area contributed by atoms with E-state index < -0.39 is 22.1 Å². The first kappa shape index (κ1) is 18.3. The summed E-state index contributed by atoms with van der Waals surface area (Å²) < 4.78 is 69.3. The van der Waals surface area contributed by atoms with Gasteiger partial charge >= 0.3 is 6.36 Å². The molecule has 0 aliphatic heterocycles. The van der Waals surface area contributed by atoms with Crippen LogP contribution in [-0.4, -0.2) is 24.6 Å². The zero-order chi connectivity index (χ0) is 18.9. The monoisotopic (exact) mass is 403 g/mol. The fraction of sp³-hybridized carbons (Fsp3) is 0.133. The number of sulfonamides is 1.